The fourth-order valence-electron chi connectivity index (χ4n) is 4.86. The minimum absolute atomic E-state index is 0.00171. The van der Waals surface area contributed by atoms with Crippen LogP contribution in [0.2, 0.25) is 0 Å². The zero-order valence-electron chi connectivity index (χ0n) is 21.6. The van der Waals surface area contributed by atoms with Crippen LogP contribution in [0, 0.1) is 0 Å². The van der Waals surface area contributed by atoms with Crippen molar-refractivity contribution in [3.8, 4) is 16.9 Å². The smallest absolute Gasteiger partial charge is 0.407 e. The Morgan fingerprint density at radius 1 is 0.825 bits per heavy atom. The Morgan fingerprint density at radius 3 is 2.10 bits per heavy atom. The second kappa shape index (κ2) is 11.6. The van der Waals surface area contributed by atoms with Crippen LogP contribution in [0.1, 0.15) is 28.5 Å². The predicted molar refractivity (Wildman–Crippen MR) is 149 cm³/mol. The van der Waals surface area contributed by atoms with E-state index in [4.69, 9.17) is 13.7 Å². The first-order valence-electron chi connectivity index (χ1n) is 12.6. The first-order chi connectivity index (χ1) is 19.4. The van der Waals surface area contributed by atoms with E-state index in [0.717, 1.165) is 22.3 Å². The molecular weight excluding hydrogens is 530 g/mol. The molecule has 1 aliphatic rings. The van der Waals surface area contributed by atoms with Gasteiger partial charge in [-0.05, 0) is 52.1 Å². The Bertz CT molecular complexity index is 1590. The van der Waals surface area contributed by atoms with Gasteiger partial charge >= 0.3 is 22.2 Å². The molecule has 1 aliphatic carbocycles. The molecule has 0 aliphatic heterocycles. The number of ether oxygens (including phenoxy) is 2. The number of nitrogens with one attached hydrogen (secondary N) is 1. The average molecular weight is 558 g/mol. The normalized spacial score (nSPS) is 13.0. The van der Waals surface area contributed by atoms with Gasteiger partial charge in [0.25, 0.3) is 0 Å². The number of rotatable bonds is 9. The largest absolute Gasteiger partial charge is 0.468 e. The highest BCUT2D eigenvalue weighted by molar-refractivity contribution is 7.87. The van der Waals surface area contributed by atoms with E-state index in [9.17, 15) is 18.0 Å². The fraction of sp³-hybridized carbons (Fsp3) is 0.161. The molecule has 0 aromatic heterocycles. The number of methoxy groups -OCH3 is 1. The van der Waals surface area contributed by atoms with E-state index in [1.165, 1.54) is 31.4 Å². The number of hydrogen-bond donors (Lipinski definition) is 1. The zero-order chi connectivity index (χ0) is 28.1. The van der Waals surface area contributed by atoms with Gasteiger partial charge in [0.15, 0.2) is 0 Å². The van der Waals surface area contributed by atoms with Crippen LogP contribution in [-0.4, -0.2) is 40.7 Å². The molecule has 0 radical (unpaired) electrons. The van der Waals surface area contributed by atoms with Gasteiger partial charge in [0.2, 0.25) is 0 Å². The van der Waals surface area contributed by atoms with Gasteiger partial charge in [0.1, 0.15) is 17.3 Å². The molecule has 4 aromatic carbocycles. The number of benzene rings is 4. The van der Waals surface area contributed by atoms with Gasteiger partial charge in [-0.25, -0.2) is 4.79 Å². The van der Waals surface area contributed by atoms with Gasteiger partial charge in [0.05, 0.1) is 13.0 Å². The van der Waals surface area contributed by atoms with Crippen LogP contribution >= 0.6 is 0 Å². The summed E-state index contributed by atoms with van der Waals surface area (Å²) in [6.45, 7) is 0.00164. The third-order valence-electron chi connectivity index (χ3n) is 6.78. The Morgan fingerprint density at radius 2 is 1.45 bits per heavy atom. The summed E-state index contributed by atoms with van der Waals surface area (Å²) < 4.78 is 41.1. The van der Waals surface area contributed by atoms with Crippen LogP contribution < -0.4 is 9.50 Å². The molecule has 0 spiro atoms. The molecule has 1 amide bonds. The fourth-order valence-corrected chi connectivity index (χ4v) is 5.80. The Kier molecular flexibility index (Phi) is 7.84. The SMILES string of the molecule is COC(=O)C(CNC(=O)OCC1c2ccccc2-c2ccccc21)c1cccc(OS(=O)(=O)c2ccccc2)c1. The summed E-state index contributed by atoms with van der Waals surface area (Å²) in [4.78, 5) is 25.3. The summed E-state index contributed by atoms with van der Waals surface area (Å²) in [5.74, 6) is -1.61. The highest BCUT2D eigenvalue weighted by Gasteiger charge is 2.29. The van der Waals surface area contributed by atoms with Crippen LogP contribution in [0.15, 0.2) is 108 Å². The number of carbonyl (C=O) groups is 2. The molecule has 0 bridgehead atoms. The molecule has 1 N–H and O–H groups in total. The molecule has 0 heterocycles. The summed E-state index contributed by atoms with van der Waals surface area (Å²) in [6, 6.07) is 29.9. The van der Waals surface area contributed by atoms with Crippen LogP contribution in [-0.2, 0) is 24.4 Å². The molecule has 1 atom stereocenters. The maximum atomic E-state index is 12.7. The van der Waals surface area contributed by atoms with Gasteiger partial charge in [0, 0.05) is 12.5 Å². The summed E-state index contributed by atoms with van der Waals surface area (Å²) in [6.07, 6.45) is -0.685. The Labute approximate surface area is 232 Å². The number of carbonyl (C=O) groups excluding carboxylic acids is 2. The van der Waals surface area contributed by atoms with E-state index >= 15 is 0 Å². The lowest BCUT2D eigenvalue weighted by Gasteiger charge is -2.18. The third-order valence-corrected chi connectivity index (χ3v) is 8.04. The number of esters is 1. The van der Waals surface area contributed by atoms with Crippen molar-refractivity contribution in [1.29, 1.82) is 0 Å². The molecule has 8 nitrogen and oxygen atoms in total. The predicted octanol–water partition coefficient (Wildman–Crippen LogP) is 5.25. The van der Waals surface area contributed by atoms with Crippen molar-refractivity contribution in [1.82, 2.24) is 5.32 Å². The number of amides is 1. The molecule has 4 aromatic rings. The quantitative estimate of drug-likeness (QED) is 0.221. The summed E-state index contributed by atoms with van der Waals surface area (Å²) >= 11 is 0. The van der Waals surface area contributed by atoms with Crippen LogP contribution in [0.5, 0.6) is 5.75 Å². The summed E-state index contributed by atoms with van der Waals surface area (Å²) in [5, 5.41) is 2.64. The van der Waals surface area contributed by atoms with Crippen molar-refractivity contribution >= 4 is 22.2 Å². The monoisotopic (exact) mass is 557 g/mol. The van der Waals surface area contributed by atoms with Crippen LogP contribution in [0.3, 0.4) is 0 Å². The molecule has 0 saturated carbocycles. The standard InChI is InChI=1S/C31H27NO7S/c1-37-30(33)28(21-10-9-11-22(18-21)39-40(35,36)23-12-3-2-4-13-23)19-32-31(34)38-20-29-26-16-7-5-14-24(26)25-15-6-8-17-27(25)29/h2-18,28-29H,19-20H2,1H3,(H,32,34). The van der Waals surface area contributed by atoms with E-state index in [0.29, 0.717) is 5.56 Å². The second-order valence-electron chi connectivity index (χ2n) is 9.21. The van der Waals surface area contributed by atoms with E-state index in [1.54, 1.807) is 30.3 Å². The minimum atomic E-state index is -4.07. The molecule has 0 saturated heterocycles. The number of alkyl carbamates (subject to hydrolysis) is 1. The van der Waals surface area contributed by atoms with Crippen molar-refractivity contribution in [2.24, 2.45) is 0 Å². The van der Waals surface area contributed by atoms with Crippen molar-refractivity contribution < 1.29 is 31.7 Å². The van der Waals surface area contributed by atoms with E-state index in [-0.39, 0.29) is 29.7 Å². The molecular formula is C31H27NO7S. The molecule has 1 unspecified atom stereocenters. The van der Waals surface area contributed by atoms with Crippen LogP contribution in [0.4, 0.5) is 4.79 Å². The van der Waals surface area contributed by atoms with Gasteiger partial charge in [-0.15, -0.1) is 0 Å². The lowest BCUT2D eigenvalue weighted by molar-refractivity contribution is -0.142. The molecule has 40 heavy (non-hydrogen) atoms. The van der Waals surface area contributed by atoms with Crippen molar-refractivity contribution in [3.05, 3.63) is 120 Å². The van der Waals surface area contributed by atoms with Gasteiger partial charge in [-0.3, -0.25) is 4.79 Å². The molecule has 5 rings (SSSR count). The number of hydrogen-bond acceptors (Lipinski definition) is 7. The van der Waals surface area contributed by atoms with Gasteiger partial charge in [-0.2, -0.15) is 8.42 Å². The summed E-state index contributed by atoms with van der Waals surface area (Å²) in [5.41, 5.74) is 4.83. The Hall–Kier alpha value is -4.63. The highest BCUT2D eigenvalue weighted by Crippen LogP contribution is 2.44. The lowest BCUT2D eigenvalue weighted by Crippen LogP contribution is -2.33. The third kappa shape index (κ3) is 5.69. The maximum absolute atomic E-state index is 12.7. The van der Waals surface area contributed by atoms with Gasteiger partial charge < -0.3 is 19.0 Å². The van der Waals surface area contributed by atoms with Crippen molar-refractivity contribution in [3.63, 3.8) is 0 Å². The number of fused-ring (bicyclic) bond motifs is 3. The molecule has 204 valence electrons. The van der Waals surface area contributed by atoms with Crippen molar-refractivity contribution in [2.75, 3.05) is 20.3 Å². The van der Waals surface area contributed by atoms with E-state index in [2.05, 4.69) is 17.4 Å². The zero-order valence-corrected chi connectivity index (χ0v) is 22.5. The van der Waals surface area contributed by atoms with Crippen molar-refractivity contribution in [2.45, 2.75) is 16.7 Å². The first-order valence-corrected chi connectivity index (χ1v) is 14.0. The first kappa shape index (κ1) is 27.0. The summed E-state index contributed by atoms with van der Waals surface area (Å²) in [7, 11) is -2.83. The Balaban J connectivity index is 1.25. The lowest BCUT2D eigenvalue weighted by atomic mass is 9.98. The topological polar surface area (TPSA) is 108 Å². The highest BCUT2D eigenvalue weighted by atomic mass is 32.2. The van der Waals surface area contributed by atoms with E-state index < -0.39 is 28.1 Å². The van der Waals surface area contributed by atoms with E-state index in [1.807, 2.05) is 36.4 Å². The molecule has 9 heteroatoms. The average Bonchev–Trinajstić information content (AvgIpc) is 3.30. The minimum Gasteiger partial charge on any atom is -0.468 e. The molecule has 0 fully saturated rings. The van der Waals surface area contributed by atoms with Crippen LogP contribution in [0.25, 0.3) is 11.1 Å². The maximum Gasteiger partial charge on any atom is 0.407 e. The van der Waals surface area contributed by atoms with Gasteiger partial charge in [-0.1, -0.05) is 78.9 Å². The second-order valence-corrected chi connectivity index (χ2v) is 10.8.